The number of hydrogen-bond acceptors (Lipinski definition) is 3. The van der Waals surface area contributed by atoms with Crippen LogP contribution in [0.25, 0.3) is 0 Å². The second-order valence-corrected chi connectivity index (χ2v) is 8.17. The van der Waals surface area contributed by atoms with E-state index in [1.807, 2.05) is 6.92 Å². The molecule has 0 bridgehead atoms. The van der Waals surface area contributed by atoms with Crippen molar-refractivity contribution in [2.75, 3.05) is 26.7 Å². The van der Waals surface area contributed by atoms with Crippen molar-refractivity contribution in [1.29, 1.82) is 0 Å². The molecule has 0 radical (unpaired) electrons. The zero-order chi connectivity index (χ0) is 20.8. The van der Waals surface area contributed by atoms with Gasteiger partial charge in [0.1, 0.15) is 0 Å². The molecule has 1 N–H and O–H groups in total. The fourth-order valence-electron chi connectivity index (χ4n) is 3.51. The highest BCUT2D eigenvalue weighted by molar-refractivity contribution is 5.85. The Labute approximate surface area is 167 Å². The van der Waals surface area contributed by atoms with Crippen LogP contribution >= 0.6 is 0 Å². The van der Waals surface area contributed by atoms with Crippen molar-refractivity contribution in [3.8, 4) is 0 Å². The van der Waals surface area contributed by atoms with Gasteiger partial charge in [-0.05, 0) is 35.8 Å². The van der Waals surface area contributed by atoms with Crippen molar-refractivity contribution in [3.05, 3.63) is 35.4 Å². The third kappa shape index (κ3) is 5.81. The highest BCUT2D eigenvalue weighted by atomic mass is 16.4. The zero-order valence-corrected chi connectivity index (χ0v) is 17.4. The predicted octanol–water partition coefficient (Wildman–Crippen LogP) is 3.09. The number of rotatable bonds is 7. The molecule has 1 saturated heterocycles. The molecule has 2 amide bonds. The van der Waals surface area contributed by atoms with Gasteiger partial charge in [0, 0.05) is 26.6 Å². The van der Waals surface area contributed by atoms with Crippen molar-refractivity contribution >= 4 is 17.8 Å². The number of aliphatic carboxylic acids is 1. The maximum atomic E-state index is 12.5. The van der Waals surface area contributed by atoms with Crippen LogP contribution in [-0.2, 0) is 14.4 Å². The predicted molar refractivity (Wildman–Crippen MR) is 108 cm³/mol. The number of amides is 2. The summed E-state index contributed by atoms with van der Waals surface area (Å²) in [6.07, 6.45) is 1.30. The molecule has 154 valence electrons. The van der Waals surface area contributed by atoms with Gasteiger partial charge in [-0.25, -0.2) is 0 Å². The Hall–Kier alpha value is -2.37. The fourth-order valence-corrected chi connectivity index (χ4v) is 3.51. The van der Waals surface area contributed by atoms with E-state index in [2.05, 4.69) is 38.1 Å². The third-order valence-corrected chi connectivity index (χ3v) is 5.65. The summed E-state index contributed by atoms with van der Waals surface area (Å²) in [5, 5.41) is 9.04. The van der Waals surface area contributed by atoms with Crippen molar-refractivity contribution in [1.82, 2.24) is 9.80 Å². The maximum Gasteiger partial charge on any atom is 0.306 e. The van der Waals surface area contributed by atoms with Crippen LogP contribution in [0.3, 0.4) is 0 Å². The van der Waals surface area contributed by atoms with E-state index in [0.717, 1.165) is 5.56 Å². The fraction of sp³-hybridized carbons (Fsp3) is 0.591. The number of nitrogens with zero attached hydrogens (tertiary/aromatic N) is 2. The van der Waals surface area contributed by atoms with Gasteiger partial charge in [0.2, 0.25) is 11.8 Å². The number of benzene rings is 1. The van der Waals surface area contributed by atoms with Crippen molar-refractivity contribution in [2.45, 2.75) is 51.9 Å². The number of carboxylic acids is 1. The summed E-state index contributed by atoms with van der Waals surface area (Å²) in [5.41, 5.74) is 2.39. The highest BCUT2D eigenvalue weighted by Gasteiger charge is 2.28. The van der Waals surface area contributed by atoms with Crippen LogP contribution in [0.5, 0.6) is 0 Å². The first kappa shape index (κ1) is 21.9. The lowest BCUT2D eigenvalue weighted by Gasteiger charge is -2.31. The number of carboxylic acid groups (broad SMARTS) is 1. The minimum Gasteiger partial charge on any atom is -0.481 e. The highest BCUT2D eigenvalue weighted by Crippen LogP contribution is 2.23. The van der Waals surface area contributed by atoms with E-state index in [1.165, 1.54) is 10.5 Å². The first-order valence-electron chi connectivity index (χ1n) is 10.0. The number of likely N-dealkylation sites (tertiary alicyclic amines) is 1. The Bertz CT molecular complexity index is 691. The van der Waals surface area contributed by atoms with E-state index in [9.17, 15) is 14.4 Å². The van der Waals surface area contributed by atoms with Gasteiger partial charge < -0.3 is 14.9 Å². The molecular formula is C22H32N2O4. The largest absolute Gasteiger partial charge is 0.481 e. The lowest BCUT2D eigenvalue weighted by Crippen LogP contribution is -2.45. The van der Waals surface area contributed by atoms with Crippen LogP contribution in [0.4, 0.5) is 0 Å². The van der Waals surface area contributed by atoms with Crippen LogP contribution in [-0.4, -0.2) is 59.4 Å². The quantitative estimate of drug-likeness (QED) is 0.779. The van der Waals surface area contributed by atoms with E-state index >= 15 is 0 Å². The van der Waals surface area contributed by atoms with Gasteiger partial charge in [-0.3, -0.25) is 14.4 Å². The van der Waals surface area contributed by atoms with Gasteiger partial charge in [0.05, 0.1) is 12.5 Å². The minimum atomic E-state index is -0.796. The number of hydrogen-bond donors (Lipinski definition) is 1. The van der Waals surface area contributed by atoms with Crippen LogP contribution < -0.4 is 0 Å². The molecule has 1 aliphatic rings. The zero-order valence-electron chi connectivity index (χ0n) is 17.4. The van der Waals surface area contributed by atoms with E-state index in [1.54, 1.807) is 11.9 Å². The lowest BCUT2D eigenvalue weighted by molar-refractivity contribution is -0.146. The molecule has 1 fully saturated rings. The van der Waals surface area contributed by atoms with Crippen LogP contribution in [0.2, 0.25) is 0 Å². The molecule has 1 unspecified atom stereocenters. The molecule has 0 saturated carbocycles. The second kappa shape index (κ2) is 9.71. The van der Waals surface area contributed by atoms with E-state index in [-0.39, 0.29) is 30.2 Å². The molecule has 1 atom stereocenters. The molecule has 0 aromatic heterocycles. The van der Waals surface area contributed by atoms with E-state index < -0.39 is 5.97 Å². The molecule has 1 aliphatic heterocycles. The van der Waals surface area contributed by atoms with E-state index in [4.69, 9.17) is 5.11 Å². The molecule has 6 nitrogen and oxygen atoms in total. The number of piperidine rings is 1. The van der Waals surface area contributed by atoms with Crippen molar-refractivity contribution < 1.29 is 19.5 Å². The summed E-state index contributed by atoms with van der Waals surface area (Å²) >= 11 is 0. The average molecular weight is 389 g/mol. The monoisotopic (exact) mass is 388 g/mol. The van der Waals surface area contributed by atoms with Gasteiger partial charge in [-0.15, -0.1) is 0 Å². The van der Waals surface area contributed by atoms with Gasteiger partial charge in [-0.2, -0.15) is 0 Å². The molecule has 2 rings (SSSR count). The summed E-state index contributed by atoms with van der Waals surface area (Å²) in [7, 11) is 1.65. The van der Waals surface area contributed by atoms with Crippen molar-refractivity contribution in [2.24, 2.45) is 5.92 Å². The Balaban J connectivity index is 1.83. The van der Waals surface area contributed by atoms with Crippen LogP contribution in [0.1, 0.15) is 63.0 Å². The average Bonchev–Trinajstić information content (AvgIpc) is 2.67. The molecular weight excluding hydrogens is 356 g/mol. The van der Waals surface area contributed by atoms with Gasteiger partial charge in [-0.1, -0.05) is 45.0 Å². The molecule has 0 aliphatic carbocycles. The number of carbonyl (C=O) groups excluding carboxylic acids is 2. The summed E-state index contributed by atoms with van der Waals surface area (Å²) < 4.78 is 0. The SMILES string of the molecule is CC(C)c1ccc(C(C)CC(=O)N(C)CC(=O)N2CCC(C(=O)O)CC2)cc1. The summed E-state index contributed by atoms with van der Waals surface area (Å²) in [6, 6.07) is 8.36. The Morgan fingerprint density at radius 2 is 1.61 bits per heavy atom. The Morgan fingerprint density at radius 1 is 1.07 bits per heavy atom. The number of carbonyl (C=O) groups is 3. The van der Waals surface area contributed by atoms with Gasteiger partial charge in [0.25, 0.3) is 0 Å². The number of likely N-dealkylation sites (N-methyl/N-ethyl adjacent to an activating group) is 1. The Kier molecular flexibility index (Phi) is 7.61. The molecule has 1 aromatic rings. The molecule has 0 spiro atoms. The molecule has 28 heavy (non-hydrogen) atoms. The summed E-state index contributed by atoms with van der Waals surface area (Å²) in [4.78, 5) is 39.1. The van der Waals surface area contributed by atoms with Crippen molar-refractivity contribution in [3.63, 3.8) is 0 Å². The van der Waals surface area contributed by atoms with Gasteiger partial charge in [0.15, 0.2) is 0 Å². The lowest BCUT2D eigenvalue weighted by atomic mass is 9.94. The van der Waals surface area contributed by atoms with E-state index in [0.29, 0.717) is 38.3 Å². The standard InChI is InChI=1S/C22H32N2O4/c1-15(2)17-5-7-18(8-6-17)16(3)13-20(25)23(4)14-21(26)24-11-9-19(10-12-24)22(27)28/h5-8,15-16,19H,9-14H2,1-4H3,(H,27,28). The maximum absolute atomic E-state index is 12.5. The molecule has 1 aromatic carbocycles. The third-order valence-electron chi connectivity index (χ3n) is 5.65. The normalized spacial score (nSPS) is 16.1. The minimum absolute atomic E-state index is 0.0373. The molecule has 1 heterocycles. The molecule has 6 heteroatoms. The topological polar surface area (TPSA) is 77.9 Å². The van der Waals surface area contributed by atoms with Crippen LogP contribution in [0, 0.1) is 5.92 Å². The smallest absolute Gasteiger partial charge is 0.306 e. The summed E-state index contributed by atoms with van der Waals surface area (Å²) in [5.74, 6) is -0.787. The van der Waals surface area contributed by atoms with Crippen LogP contribution in [0.15, 0.2) is 24.3 Å². The Morgan fingerprint density at radius 3 is 2.11 bits per heavy atom. The first-order chi connectivity index (χ1) is 13.2. The second-order valence-electron chi connectivity index (χ2n) is 8.17. The summed E-state index contributed by atoms with van der Waals surface area (Å²) in [6.45, 7) is 7.24. The first-order valence-corrected chi connectivity index (χ1v) is 10.0. The van der Waals surface area contributed by atoms with Gasteiger partial charge >= 0.3 is 5.97 Å².